The van der Waals surface area contributed by atoms with Crippen LogP contribution in [-0.2, 0) is 4.79 Å². The molecule has 4 rings (SSSR count). The van der Waals surface area contributed by atoms with E-state index in [0.717, 1.165) is 24.5 Å². The van der Waals surface area contributed by atoms with Crippen molar-refractivity contribution in [2.24, 2.45) is 0 Å². The van der Waals surface area contributed by atoms with Crippen molar-refractivity contribution in [3.8, 4) is 11.5 Å². The van der Waals surface area contributed by atoms with Crippen LogP contribution in [0.1, 0.15) is 10.6 Å². The van der Waals surface area contributed by atoms with Crippen LogP contribution in [0.3, 0.4) is 0 Å². The summed E-state index contributed by atoms with van der Waals surface area (Å²) >= 11 is 0. The fourth-order valence-electron chi connectivity index (χ4n) is 3.59. The summed E-state index contributed by atoms with van der Waals surface area (Å²) in [5.41, 5.74) is 1.59. The topological polar surface area (TPSA) is 84.3 Å². The maximum Gasteiger partial charge on any atom is 0.291 e. The predicted molar refractivity (Wildman–Crippen MR) is 120 cm³/mol. The van der Waals surface area contributed by atoms with Gasteiger partial charge in [0.15, 0.2) is 12.4 Å². The first-order valence-electron chi connectivity index (χ1n) is 10.4. The monoisotopic (exact) mass is 435 g/mol. The third kappa shape index (κ3) is 5.03. The van der Waals surface area contributed by atoms with E-state index >= 15 is 0 Å². The van der Waals surface area contributed by atoms with Gasteiger partial charge in [-0.25, -0.2) is 0 Å². The number of piperazine rings is 1. The van der Waals surface area contributed by atoms with Crippen LogP contribution in [0.2, 0.25) is 0 Å². The van der Waals surface area contributed by atoms with E-state index in [1.807, 2.05) is 24.3 Å². The Balaban J connectivity index is 1.28. The number of benzene rings is 2. The summed E-state index contributed by atoms with van der Waals surface area (Å²) in [5.74, 6) is 1.13. The third-order valence-electron chi connectivity index (χ3n) is 5.26. The number of carbonyl (C=O) groups excluding carboxylic acids is 2. The molecule has 8 heteroatoms. The SMILES string of the molecule is COc1ccccc1N1CCN(C(=O)COc2cccc(NC(=O)c3ccco3)c2)CC1. The van der Waals surface area contributed by atoms with Crippen LogP contribution < -0.4 is 19.7 Å². The van der Waals surface area contributed by atoms with Gasteiger partial charge in [-0.2, -0.15) is 0 Å². The van der Waals surface area contributed by atoms with Gasteiger partial charge in [0, 0.05) is 37.9 Å². The van der Waals surface area contributed by atoms with Gasteiger partial charge in [-0.05, 0) is 36.4 Å². The third-order valence-corrected chi connectivity index (χ3v) is 5.26. The van der Waals surface area contributed by atoms with Crippen LogP contribution in [0.25, 0.3) is 0 Å². The molecule has 0 radical (unpaired) electrons. The Morgan fingerprint density at radius 2 is 1.81 bits per heavy atom. The number of hydrogen-bond donors (Lipinski definition) is 1. The highest BCUT2D eigenvalue weighted by Gasteiger charge is 2.23. The van der Waals surface area contributed by atoms with Gasteiger partial charge < -0.3 is 29.0 Å². The quantitative estimate of drug-likeness (QED) is 0.613. The summed E-state index contributed by atoms with van der Waals surface area (Å²) in [5, 5.41) is 2.74. The molecule has 0 unspecified atom stereocenters. The Labute approximate surface area is 186 Å². The van der Waals surface area contributed by atoms with Gasteiger partial charge in [-0.1, -0.05) is 18.2 Å². The van der Waals surface area contributed by atoms with Crippen molar-refractivity contribution < 1.29 is 23.5 Å². The number of ether oxygens (including phenoxy) is 2. The van der Waals surface area contributed by atoms with Gasteiger partial charge in [0.05, 0.1) is 19.1 Å². The average molecular weight is 435 g/mol. The molecule has 1 aromatic heterocycles. The largest absolute Gasteiger partial charge is 0.495 e. The van der Waals surface area contributed by atoms with E-state index in [1.54, 1.807) is 48.4 Å². The zero-order valence-corrected chi connectivity index (χ0v) is 17.8. The summed E-state index contributed by atoms with van der Waals surface area (Å²) in [6.07, 6.45) is 1.44. The summed E-state index contributed by atoms with van der Waals surface area (Å²) in [6.45, 7) is 2.60. The van der Waals surface area contributed by atoms with Gasteiger partial charge >= 0.3 is 0 Å². The van der Waals surface area contributed by atoms with E-state index in [4.69, 9.17) is 13.9 Å². The molecule has 0 aliphatic carbocycles. The summed E-state index contributed by atoms with van der Waals surface area (Å²) < 4.78 is 16.2. The molecule has 0 saturated carbocycles. The number of amides is 2. The molecular weight excluding hydrogens is 410 g/mol. The lowest BCUT2D eigenvalue weighted by atomic mass is 10.2. The highest BCUT2D eigenvalue weighted by atomic mass is 16.5. The number of hydrogen-bond acceptors (Lipinski definition) is 6. The molecule has 2 heterocycles. The maximum absolute atomic E-state index is 12.6. The lowest BCUT2D eigenvalue weighted by Crippen LogP contribution is -2.50. The normalized spacial score (nSPS) is 13.5. The molecular formula is C24H25N3O5. The fraction of sp³-hybridized carbons (Fsp3) is 0.250. The Hall–Kier alpha value is -3.94. The van der Waals surface area contributed by atoms with Gasteiger partial charge in [-0.3, -0.25) is 9.59 Å². The zero-order chi connectivity index (χ0) is 22.3. The van der Waals surface area contributed by atoms with E-state index in [2.05, 4.69) is 10.2 Å². The second kappa shape index (κ2) is 9.91. The highest BCUT2D eigenvalue weighted by Crippen LogP contribution is 2.28. The molecule has 2 amide bonds. The Morgan fingerprint density at radius 1 is 1.00 bits per heavy atom. The first-order chi connectivity index (χ1) is 15.6. The predicted octanol–water partition coefficient (Wildman–Crippen LogP) is 3.27. The Kier molecular flexibility index (Phi) is 6.60. The molecule has 1 aliphatic rings. The van der Waals surface area contributed by atoms with Crippen LogP contribution in [-0.4, -0.2) is 56.6 Å². The van der Waals surface area contributed by atoms with E-state index in [9.17, 15) is 9.59 Å². The van der Waals surface area contributed by atoms with Crippen LogP contribution >= 0.6 is 0 Å². The molecule has 3 aromatic rings. The second-order valence-electron chi connectivity index (χ2n) is 7.29. The molecule has 8 nitrogen and oxygen atoms in total. The van der Waals surface area contributed by atoms with E-state index in [-0.39, 0.29) is 24.2 Å². The lowest BCUT2D eigenvalue weighted by molar-refractivity contribution is -0.133. The minimum Gasteiger partial charge on any atom is -0.495 e. The summed E-state index contributed by atoms with van der Waals surface area (Å²) in [7, 11) is 1.66. The minimum atomic E-state index is -0.351. The van der Waals surface area contributed by atoms with Crippen LogP contribution in [0.5, 0.6) is 11.5 Å². The lowest BCUT2D eigenvalue weighted by Gasteiger charge is -2.36. The molecule has 0 spiro atoms. The van der Waals surface area contributed by atoms with E-state index in [1.165, 1.54) is 6.26 Å². The molecule has 2 aromatic carbocycles. The molecule has 32 heavy (non-hydrogen) atoms. The number of carbonyl (C=O) groups is 2. The van der Waals surface area contributed by atoms with Crippen molar-refractivity contribution >= 4 is 23.2 Å². The van der Waals surface area contributed by atoms with Crippen molar-refractivity contribution in [1.29, 1.82) is 0 Å². The van der Waals surface area contributed by atoms with Gasteiger partial charge in [0.1, 0.15) is 11.5 Å². The molecule has 166 valence electrons. The molecule has 1 saturated heterocycles. The van der Waals surface area contributed by atoms with Crippen LogP contribution in [0.4, 0.5) is 11.4 Å². The van der Waals surface area contributed by atoms with Gasteiger partial charge in [0.2, 0.25) is 0 Å². The molecule has 0 atom stereocenters. The second-order valence-corrected chi connectivity index (χ2v) is 7.29. The first kappa shape index (κ1) is 21.3. The molecule has 1 N–H and O–H groups in total. The molecule has 0 bridgehead atoms. The van der Waals surface area contributed by atoms with E-state index in [0.29, 0.717) is 24.5 Å². The van der Waals surface area contributed by atoms with Crippen LogP contribution in [0.15, 0.2) is 71.3 Å². The Bertz CT molecular complexity index is 1060. The summed E-state index contributed by atoms with van der Waals surface area (Å²) in [6, 6.07) is 18.0. The number of furan rings is 1. The van der Waals surface area contributed by atoms with Crippen molar-refractivity contribution in [1.82, 2.24) is 4.90 Å². The van der Waals surface area contributed by atoms with Crippen molar-refractivity contribution in [2.45, 2.75) is 0 Å². The zero-order valence-electron chi connectivity index (χ0n) is 17.8. The maximum atomic E-state index is 12.6. The van der Waals surface area contributed by atoms with Crippen molar-refractivity contribution in [3.63, 3.8) is 0 Å². The van der Waals surface area contributed by atoms with Crippen LogP contribution in [0, 0.1) is 0 Å². The number of nitrogens with zero attached hydrogens (tertiary/aromatic N) is 2. The molecule has 1 aliphatic heterocycles. The standard InChI is InChI=1S/C24H25N3O5/c1-30-21-9-3-2-8-20(21)26-11-13-27(14-12-26)23(28)17-32-19-7-4-6-18(16-19)25-24(29)22-10-5-15-31-22/h2-10,15-16H,11-14,17H2,1H3,(H,25,29). The number of rotatable bonds is 7. The van der Waals surface area contributed by atoms with Gasteiger partial charge in [0.25, 0.3) is 11.8 Å². The number of para-hydroxylation sites is 2. The number of nitrogens with one attached hydrogen (secondary N) is 1. The highest BCUT2D eigenvalue weighted by molar-refractivity contribution is 6.02. The summed E-state index contributed by atoms with van der Waals surface area (Å²) in [4.78, 5) is 28.8. The van der Waals surface area contributed by atoms with E-state index < -0.39 is 0 Å². The number of anilines is 2. The Morgan fingerprint density at radius 3 is 2.56 bits per heavy atom. The fourth-order valence-corrected chi connectivity index (χ4v) is 3.59. The molecule has 1 fully saturated rings. The van der Waals surface area contributed by atoms with Gasteiger partial charge in [-0.15, -0.1) is 0 Å². The first-order valence-corrected chi connectivity index (χ1v) is 10.4. The minimum absolute atomic E-state index is 0.0652. The number of methoxy groups -OCH3 is 1. The van der Waals surface area contributed by atoms with Crippen molar-refractivity contribution in [3.05, 3.63) is 72.7 Å². The average Bonchev–Trinajstić information content (AvgIpc) is 3.38. The van der Waals surface area contributed by atoms with Crippen molar-refractivity contribution in [2.75, 3.05) is 50.1 Å². The smallest absolute Gasteiger partial charge is 0.291 e.